The molecule has 0 amide bonds. The highest BCUT2D eigenvalue weighted by Gasteiger charge is 2.00. The van der Waals surface area contributed by atoms with Crippen molar-refractivity contribution in [1.82, 2.24) is 4.90 Å². The molecule has 0 saturated heterocycles. The lowest BCUT2D eigenvalue weighted by Gasteiger charge is -2.17. The summed E-state index contributed by atoms with van der Waals surface area (Å²) in [5.41, 5.74) is 0. The van der Waals surface area contributed by atoms with Gasteiger partial charge in [0.05, 0.1) is 31.2 Å². The summed E-state index contributed by atoms with van der Waals surface area (Å²) in [5.74, 6) is 0. The molecular weight excluding hydrogens is 214 g/mol. The molecule has 0 aromatic heterocycles. The first-order valence-electron chi connectivity index (χ1n) is 3.91. The molecule has 0 fully saturated rings. The van der Waals surface area contributed by atoms with Crippen molar-refractivity contribution in [1.29, 1.82) is 0 Å². The summed E-state index contributed by atoms with van der Waals surface area (Å²) in [7, 11) is 0. The number of aliphatic hydroxyl groups is 3. The van der Waals surface area contributed by atoms with Crippen LogP contribution < -0.4 is 0 Å². The molecule has 0 aliphatic carbocycles. The highest BCUT2D eigenvalue weighted by molar-refractivity contribution is 7.73. The summed E-state index contributed by atoms with van der Waals surface area (Å²) in [5, 5.41) is 25.5. The first kappa shape index (κ1) is 16.3. The third-order valence-electron chi connectivity index (χ3n) is 1.25. The second-order valence-electron chi connectivity index (χ2n) is 2.23. The van der Waals surface area contributed by atoms with Gasteiger partial charge in [0, 0.05) is 19.6 Å². The molecule has 8 heteroatoms. The zero-order valence-corrected chi connectivity index (χ0v) is 8.52. The molecule has 0 heterocycles. The van der Waals surface area contributed by atoms with Crippen LogP contribution in [-0.2, 0) is 11.4 Å². The fourth-order valence-corrected chi connectivity index (χ4v) is 0.760. The van der Waals surface area contributed by atoms with Crippen molar-refractivity contribution in [2.24, 2.45) is 0 Å². The summed E-state index contributed by atoms with van der Waals surface area (Å²) < 4.78 is 24.1. The van der Waals surface area contributed by atoms with Crippen molar-refractivity contribution in [3.8, 4) is 0 Å². The van der Waals surface area contributed by atoms with E-state index in [4.69, 9.17) is 28.6 Å². The molecule has 1 unspecified atom stereocenters. The van der Waals surface area contributed by atoms with Crippen LogP contribution in [0.3, 0.4) is 0 Å². The highest BCUT2D eigenvalue weighted by atomic mass is 32.2. The smallest absolute Gasteiger partial charge is 0.0814 e. The molecule has 0 saturated carbocycles. The second-order valence-corrected chi connectivity index (χ2v) is 2.66. The minimum Gasteiger partial charge on any atom is -0.750 e. The van der Waals surface area contributed by atoms with Gasteiger partial charge in [0.15, 0.2) is 0 Å². The highest BCUT2D eigenvalue weighted by Crippen LogP contribution is 1.84. The lowest BCUT2D eigenvalue weighted by Crippen LogP contribution is -2.32. The number of aliphatic hydroxyl groups excluding tert-OH is 3. The van der Waals surface area contributed by atoms with Crippen molar-refractivity contribution in [3.05, 3.63) is 0 Å². The van der Waals surface area contributed by atoms with Crippen molar-refractivity contribution < 1.29 is 28.6 Å². The Morgan fingerprint density at radius 1 is 1.00 bits per heavy atom. The van der Waals surface area contributed by atoms with Gasteiger partial charge in [-0.15, -0.1) is 0 Å². The van der Waals surface area contributed by atoms with E-state index in [0.717, 1.165) is 0 Å². The molecule has 0 aromatic rings. The van der Waals surface area contributed by atoms with Crippen LogP contribution in [0.25, 0.3) is 0 Å². The predicted molar refractivity (Wildman–Crippen MR) is 49.2 cm³/mol. The molecule has 7 nitrogen and oxygen atoms in total. The van der Waals surface area contributed by atoms with Gasteiger partial charge in [-0.25, -0.2) is 4.21 Å². The normalized spacial score (nSPS) is 12.1. The number of rotatable bonds is 6. The summed E-state index contributed by atoms with van der Waals surface area (Å²) >= 11 is -2.86. The zero-order chi connectivity index (χ0) is 11.4. The van der Waals surface area contributed by atoms with Crippen LogP contribution in [0.4, 0.5) is 0 Å². The Balaban J connectivity index is 0. The molecule has 0 rings (SSSR count). The Morgan fingerprint density at radius 3 is 1.36 bits per heavy atom. The Bertz CT molecular complexity index is 117. The molecule has 1 atom stereocenters. The molecule has 0 spiro atoms. The first-order chi connectivity index (χ1) is 6.58. The molecule has 14 heavy (non-hydrogen) atoms. The van der Waals surface area contributed by atoms with E-state index < -0.39 is 11.4 Å². The van der Waals surface area contributed by atoms with Gasteiger partial charge < -0.3 is 24.4 Å². The average molecular weight is 230 g/mol. The average Bonchev–Trinajstić information content (AvgIpc) is 2.04. The van der Waals surface area contributed by atoms with Crippen molar-refractivity contribution in [2.45, 2.75) is 0 Å². The van der Waals surface area contributed by atoms with Crippen molar-refractivity contribution >= 4 is 11.4 Å². The maximum atomic E-state index is 8.56. The summed E-state index contributed by atoms with van der Waals surface area (Å²) in [6.07, 6.45) is 0. The van der Waals surface area contributed by atoms with Gasteiger partial charge in [0.2, 0.25) is 0 Å². The molecular formula is C6H16NO6S-. The van der Waals surface area contributed by atoms with E-state index in [9.17, 15) is 0 Å². The predicted octanol–water partition coefficient (Wildman–Crippen LogP) is -2.40. The van der Waals surface area contributed by atoms with Crippen LogP contribution in [0.1, 0.15) is 0 Å². The van der Waals surface area contributed by atoms with Crippen LogP contribution in [0.2, 0.25) is 0 Å². The Morgan fingerprint density at radius 2 is 1.21 bits per heavy atom. The van der Waals surface area contributed by atoms with Crippen LogP contribution in [-0.4, -0.2) is 73.0 Å². The van der Waals surface area contributed by atoms with Crippen molar-refractivity contribution in [3.63, 3.8) is 0 Å². The fraction of sp³-hybridized carbons (Fsp3) is 1.00. The maximum absolute atomic E-state index is 8.56. The van der Waals surface area contributed by atoms with Gasteiger partial charge in [-0.3, -0.25) is 4.90 Å². The zero-order valence-electron chi connectivity index (χ0n) is 7.70. The lowest BCUT2D eigenvalue weighted by molar-refractivity contribution is 0.136. The molecule has 0 aromatic carbocycles. The van der Waals surface area contributed by atoms with E-state index in [2.05, 4.69) is 0 Å². The van der Waals surface area contributed by atoms with E-state index in [1.165, 1.54) is 0 Å². The van der Waals surface area contributed by atoms with Gasteiger partial charge in [-0.2, -0.15) is 0 Å². The fourth-order valence-electron chi connectivity index (χ4n) is 0.760. The van der Waals surface area contributed by atoms with E-state index in [0.29, 0.717) is 19.6 Å². The molecule has 0 bridgehead atoms. The van der Waals surface area contributed by atoms with Crippen molar-refractivity contribution in [2.75, 3.05) is 39.5 Å². The minimum absolute atomic E-state index is 0.0694. The molecule has 88 valence electrons. The van der Waals surface area contributed by atoms with E-state index in [1.54, 1.807) is 4.90 Å². The summed E-state index contributed by atoms with van der Waals surface area (Å²) in [4.78, 5) is 1.79. The Hall–Kier alpha value is -0.0900. The van der Waals surface area contributed by atoms with Gasteiger partial charge in [0.1, 0.15) is 0 Å². The van der Waals surface area contributed by atoms with Crippen LogP contribution >= 0.6 is 0 Å². The third-order valence-corrected chi connectivity index (χ3v) is 1.25. The number of hydrogen-bond acceptors (Lipinski definition) is 6. The number of nitrogens with zero attached hydrogens (tertiary/aromatic N) is 1. The topological polar surface area (TPSA) is 124 Å². The molecule has 0 radical (unpaired) electrons. The van der Waals surface area contributed by atoms with Crippen LogP contribution in [0, 0.1) is 0 Å². The molecule has 0 aliphatic heterocycles. The third kappa shape index (κ3) is 17.9. The minimum atomic E-state index is -2.86. The summed E-state index contributed by atoms with van der Waals surface area (Å²) in [6.45, 7) is 1.75. The number of hydrogen-bond donors (Lipinski definition) is 4. The Kier molecular flexibility index (Phi) is 15.1. The van der Waals surface area contributed by atoms with Gasteiger partial charge in [-0.05, 0) is 0 Å². The quantitative estimate of drug-likeness (QED) is 0.375. The summed E-state index contributed by atoms with van der Waals surface area (Å²) in [6, 6.07) is 0. The van der Waals surface area contributed by atoms with E-state index in [-0.39, 0.29) is 19.8 Å². The monoisotopic (exact) mass is 230 g/mol. The van der Waals surface area contributed by atoms with Crippen LogP contribution in [0.15, 0.2) is 0 Å². The Labute approximate surface area is 85.1 Å². The maximum Gasteiger partial charge on any atom is 0.0814 e. The van der Waals surface area contributed by atoms with Crippen LogP contribution in [0.5, 0.6) is 0 Å². The van der Waals surface area contributed by atoms with Gasteiger partial charge >= 0.3 is 0 Å². The first-order valence-corrected chi connectivity index (χ1v) is 4.95. The van der Waals surface area contributed by atoms with E-state index in [1.807, 2.05) is 0 Å². The molecule has 0 aliphatic rings. The van der Waals surface area contributed by atoms with Gasteiger partial charge in [-0.1, -0.05) is 0 Å². The lowest BCUT2D eigenvalue weighted by atomic mass is 10.4. The standard InChI is InChI=1S/C6H15NO3.H2O3S/c8-4-1-7(2-5-9)3-6-10;1-4(2)3/h8-10H,1-6H2;(H2,1,2,3)/p-1. The SMILES string of the molecule is O=S([O-])O.OCCN(CCO)CCO. The van der Waals surface area contributed by atoms with Gasteiger partial charge in [0.25, 0.3) is 0 Å². The molecule has 4 N–H and O–H groups in total. The van der Waals surface area contributed by atoms with E-state index >= 15 is 0 Å². The largest absolute Gasteiger partial charge is 0.750 e. The second kappa shape index (κ2) is 12.9.